The highest BCUT2D eigenvalue weighted by atomic mass is 35.5. The maximum absolute atomic E-state index is 12.6. The van der Waals surface area contributed by atoms with E-state index in [1.54, 1.807) is 42.5 Å². The van der Waals surface area contributed by atoms with Crippen LogP contribution in [-0.2, 0) is 4.74 Å². The van der Waals surface area contributed by atoms with Crippen molar-refractivity contribution < 1.29 is 19.4 Å². The molecule has 1 aliphatic carbocycles. The van der Waals surface area contributed by atoms with E-state index in [4.69, 9.17) is 16.3 Å². The topological polar surface area (TPSA) is 125 Å². The Kier molecular flexibility index (Phi) is 6.78. The number of esters is 1. The van der Waals surface area contributed by atoms with Crippen molar-refractivity contribution in [3.05, 3.63) is 104 Å². The average Bonchev–Trinajstić information content (AvgIpc) is 3.23. The molecular formula is C26H22ClN3O6S. The van der Waals surface area contributed by atoms with Gasteiger partial charge in [0.25, 0.3) is 11.4 Å². The Labute approximate surface area is 221 Å². The lowest BCUT2D eigenvalue weighted by Crippen LogP contribution is -2.32. The van der Waals surface area contributed by atoms with Gasteiger partial charge in [-0.05, 0) is 35.6 Å². The molecule has 5 atom stereocenters. The number of nitro benzene ring substituents is 2. The number of carbonyl (C=O) groups is 1. The number of non-ortho nitro benzene ring substituents is 1. The number of rotatable bonds is 6. The second kappa shape index (κ2) is 10.0. The Morgan fingerprint density at radius 1 is 1.03 bits per heavy atom. The van der Waals surface area contributed by atoms with Gasteiger partial charge in [0.05, 0.1) is 44.5 Å². The molecule has 0 radical (unpaired) electrons. The lowest BCUT2D eigenvalue weighted by Gasteiger charge is -2.39. The number of hydrogen-bond acceptors (Lipinski definition) is 8. The number of halogens is 1. The highest BCUT2D eigenvalue weighted by Crippen LogP contribution is 2.58. The van der Waals surface area contributed by atoms with Gasteiger partial charge in [-0.3, -0.25) is 20.2 Å². The lowest BCUT2D eigenvalue weighted by atomic mass is 9.76. The third-order valence-electron chi connectivity index (χ3n) is 7.06. The molecule has 5 rings (SSSR count). The van der Waals surface area contributed by atoms with Crippen molar-refractivity contribution in [2.75, 3.05) is 12.4 Å². The normalized spacial score (nSPS) is 23.9. The van der Waals surface area contributed by atoms with Gasteiger partial charge < -0.3 is 10.1 Å². The van der Waals surface area contributed by atoms with Crippen LogP contribution in [0.15, 0.2) is 71.6 Å². The minimum Gasteiger partial charge on any atom is -0.465 e. The summed E-state index contributed by atoms with van der Waals surface area (Å²) in [5.41, 5.74) is 2.73. The Morgan fingerprint density at radius 2 is 1.76 bits per heavy atom. The van der Waals surface area contributed by atoms with E-state index in [1.165, 1.54) is 37.1 Å². The molecular weight excluding hydrogens is 518 g/mol. The van der Waals surface area contributed by atoms with Crippen LogP contribution in [0, 0.1) is 26.1 Å². The van der Waals surface area contributed by atoms with Gasteiger partial charge >= 0.3 is 5.97 Å². The van der Waals surface area contributed by atoms with E-state index in [0.717, 1.165) is 11.1 Å². The van der Waals surface area contributed by atoms with Gasteiger partial charge in [-0.25, -0.2) is 4.79 Å². The molecule has 5 unspecified atom stereocenters. The van der Waals surface area contributed by atoms with Gasteiger partial charge in [-0.2, -0.15) is 0 Å². The van der Waals surface area contributed by atoms with Crippen molar-refractivity contribution in [3.63, 3.8) is 0 Å². The van der Waals surface area contributed by atoms with Crippen LogP contribution in [-0.4, -0.2) is 33.6 Å². The smallest absolute Gasteiger partial charge is 0.339 e. The van der Waals surface area contributed by atoms with Crippen LogP contribution < -0.4 is 5.32 Å². The number of methoxy groups -OCH3 is 1. The minimum absolute atomic E-state index is 0.0155. The van der Waals surface area contributed by atoms with Crippen LogP contribution in [0.25, 0.3) is 0 Å². The van der Waals surface area contributed by atoms with Gasteiger partial charge in [0.15, 0.2) is 0 Å². The molecule has 2 aliphatic rings. The number of anilines is 1. The number of alkyl halides is 1. The van der Waals surface area contributed by atoms with Crippen LogP contribution in [0.2, 0.25) is 0 Å². The molecule has 3 aromatic rings. The molecule has 1 N–H and O–H groups in total. The molecule has 11 heteroatoms. The molecule has 1 saturated carbocycles. The molecule has 9 nitrogen and oxygen atoms in total. The van der Waals surface area contributed by atoms with Gasteiger partial charge in [-0.15, -0.1) is 23.4 Å². The van der Waals surface area contributed by atoms with Crippen LogP contribution in [0.4, 0.5) is 17.1 Å². The maximum Gasteiger partial charge on any atom is 0.339 e. The first-order valence-corrected chi connectivity index (χ1v) is 12.9. The fraction of sp³-hybridized carbons (Fsp3) is 0.269. The summed E-state index contributed by atoms with van der Waals surface area (Å²) in [7, 11) is 1.32. The first-order valence-electron chi connectivity index (χ1n) is 11.6. The van der Waals surface area contributed by atoms with Crippen LogP contribution in [0.1, 0.15) is 39.9 Å². The fourth-order valence-electron chi connectivity index (χ4n) is 5.43. The lowest BCUT2D eigenvalue weighted by molar-refractivity contribution is -0.387. The minimum atomic E-state index is -0.486. The zero-order valence-electron chi connectivity index (χ0n) is 19.6. The number of fused-ring (bicyclic) bond motifs is 3. The predicted molar refractivity (Wildman–Crippen MR) is 140 cm³/mol. The molecule has 1 aliphatic heterocycles. The highest BCUT2D eigenvalue weighted by Gasteiger charge is 2.51. The summed E-state index contributed by atoms with van der Waals surface area (Å²) in [5.74, 6) is -0.673. The summed E-state index contributed by atoms with van der Waals surface area (Å²) in [6, 6.07) is 18.1. The van der Waals surface area contributed by atoms with E-state index in [0.29, 0.717) is 22.6 Å². The molecule has 190 valence electrons. The van der Waals surface area contributed by atoms with Crippen molar-refractivity contribution in [2.24, 2.45) is 5.92 Å². The third-order valence-corrected chi connectivity index (χ3v) is 9.17. The van der Waals surface area contributed by atoms with E-state index in [2.05, 4.69) is 5.32 Å². The Bertz CT molecular complexity index is 1380. The van der Waals surface area contributed by atoms with Crippen molar-refractivity contribution in [1.29, 1.82) is 0 Å². The molecule has 0 aromatic heterocycles. The molecule has 0 spiro atoms. The summed E-state index contributed by atoms with van der Waals surface area (Å²) >= 11 is 8.51. The van der Waals surface area contributed by atoms with Gasteiger partial charge in [0.2, 0.25) is 0 Å². The van der Waals surface area contributed by atoms with E-state index in [1.807, 2.05) is 6.07 Å². The van der Waals surface area contributed by atoms with Crippen LogP contribution in [0.3, 0.4) is 0 Å². The molecule has 1 heterocycles. The quantitative estimate of drug-likeness (QED) is 0.167. The average molecular weight is 540 g/mol. The molecule has 1 fully saturated rings. The fourth-order valence-corrected chi connectivity index (χ4v) is 7.37. The van der Waals surface area contributed by atoms with Gasteiger partial charge in [-0.1, -0.05) is 36.4 Å². The van der Waals surface area contributed by atoms with Crippen molar-refractivity contribution in [2.45, 2.75) is 33.9 Å². The predicted octanol–water partition coefficient (Wildman–Crippen LogP) is 6.33. The number of nitrogens with zero attached hydrogens (tertiary/aromatic N) is 2. The number of para-hydroxylation sites is 2. The SMILES string of the molecule is COC(=O)c1cccc2c1NC(c1ccc([N+](=O)[O-])cc1)C1CC(Sc3ccccc3[N+](=O)[O-])C(Cl)C21. The highest BCUT2D eigenvalue weighted by molar-refractivity contribution is 8.00. The third kappa shape index (κ3) is 4.51. The zero-order chi connectivity index (χ0) is 26.3. The van der Waals surface area contributed by atoms with Crippen LogP contribution >= 0.6 is 23.4 Å². The molecule has 0 bridgehead atoms. The summed E-state index contributed by atoms with van der Waals surface area (Å²) in [6.07, 6.45) is 0.645. The number of nitrogens with one attached hydrogen (secondary N) is 1. The van der Waals surface area contributed by atoms with E-state index in [9.17, 15) is 25.0 Å². The first kappa shape index (κ1) is 25.0. The van der Waals surface area contributed by atoms with Gasteiger partial charge in [0, 0.05) is 29.4 Å². The van der Waals surface area contributed by atoms with Gasteiger partial charge in [0.1, 0.15) is 0 Å². The summed E-state index contributed by atoms with van der Waals surface area (Å²) in [5, 5.41) is 25.8. The summed E-state index contributed by atoms with van der Waals surface area (Å²) in [4.78, 5) is 35.1. The second-order valence-corrected chi connectivity index (χ2v) is 10.8. The van der Waals surface area contributed by atoms with Crippen molar-refractivity contribution >= 4 is 46.4 Å². The molecule has 0 amide bonds. The summed E-state index contributed by atoms with van der Waals surface area (Å²) in [6.45, 7) is 0. The number of ether oxygens (including phenoxy) is 1. The Balaban J connectivity index is 1.57. The van der Waals surface area contributed by atoms with E-state index < -0.39 is 15.8 Å². The van der Waals surface area contributed by atoms with Crippen molar-refractivity contribution in [3.8, 4) is 0 Å². The van der Waals surface area contributed by atoms with E-state index >= 15 is 0 Å². The standard InChI is InChI=1S/C26H22ClN3O6S/c1-36-26(31)17-6-4-5-16-22-18(24(28-25(16)17)14-9-11-15(12-10-14)29(32)33)13-21(23(22)27)37-20-8-3-2-7-19(20)30(34)35/h2-12,18,21-24,28H,13H2,1H3. The molecule has 37 heavy (non-hydrogen) atoms. The number of thioether (sulfide) groups is 1. The molecule has 3 aromatic carbocycles. The Hall–Kier alpha value is -3.63. The Morgan fingerprint density at radius 3 is 2.43 bits per heavy atom. The largest absolute Gasteiger partial charge is 0.465 e. The second-order valence-electron chi connectivity index (χ2n) is 8.98. The first-order chi connectivity index (χ1) is 17.8. The monoisotopic (exact) mass is 539 g/mol. The number of hydrogen-bond donors (Lipinski definition) is 1. The van der Waals surface area contributed by atoms with Crippen LogP contribution in [0.5, 0.6) is 0 Å². The van der Waals surface area contributed by atoms with E-state index in [-0.39, 0.29) is 39.9 Å². The number of nitro groups is 2. The number of benzene rings is 3. The maximum atomic E-state index is 12.6. The molecule has 0 saturated heterocycles. The zero-order valence-corrected chi connectivity index (χ0v) is 21.1. The summed E-state index contributed by atoms with van der Waals surface area (Å²) < 4.78 is 5.00. The van der Waals surface area contributed by atoms with Crippen molar-refractivity contribution in [1.82, 2.24) is 0 Å². The number of carbonyl (C=O) groups excluding carboxylic acids is 1.